The largest absolute Gasteiger partial charge is 0.464 e. The summed E-state index contributed by atoms with van der Waals surface area (Å²) in [5.74, 6) is -1.48. The van der Waals surface area contributed by atoms with Crippen LogP contribution in [0, 0.1) is 0 Å². The van der Waals surface area contributed by atoms with E-state index in [0.717, 1.165) is 29.9 Å². The Hall–Kier alpha value is -1.65. The quantitative estimate of drug-likeness (QED) is 0.391. The van der Waals surface area contributed by atoms with Gasteiger partial charge in [0.15, 0.2) is 0 Å². The molecule has 1 heterocycles. The number of imide groups is 1. The molecule has 0 aromatic heterocycles. The second-order valence-electron chi connectivity index (χ2n) is 3.58. The van der Waals surface area contributed by atoms with E-state index in [2.05, 4.69) is 0 Å². The van der Waals surface area contributed by atoms with E-state index in [-0.39, 0.29) is 0 Å². The van der Waals surface area contributed by atoms with Gasteiger partial charge in [0.2, 0.25) is 0 Å². The van der Waals surface area contributed by atoms with E-state index in [1.807, 2.05) is 6.92 Å². The van der Waals surface area contributed by atoms with E-state index in [1.54, 1.807) is 0 Å². The van der Waals surface area contributed by atoms with Gasteiger partial charge in [-0.1, -0.05) is 13.3 Å². The third-order valence-electron chi connectivity index (χ3n) is 2.31. The van der Waals surface area contributed by atoms with Crippen LogP contribution in [0.25, 0.3) is 0 Å². The zero-order valence-corrected chi connectivity index (χ0v) is 9.43. The average molecular weight is 225 g/mol. The summed E-state index contributed by atoms with van der Waals surface area (Å²) in [6.07, 6.45) is 4.00. The van der Waals surface area contributed by atoms with Crippen LogP contribution in [0.1, 0.15) is 26.7 Å². The predicted molar refractivity (Wildman–Crippen MR) is 56.3 cm³/mol. The second-order valence-corrected chi connectivity index (χ2v) is 3.58. The number of carbonyl (C=O) groups excluding carboxylic acids is 3. The van der Waals surface area contributed by atoms with Crippen molar-refractivity contribution in [1.29, 1.82) is 0 Å². The van der Waals surface area contributed by atoms with E-state index in [0.29, 0.717) is 6.61 Å². The Kier molecular flexibility index (Phi) is 4.22. The molecule has 5 heteroatoms. The number of hydrogen-bond donors (Lipinski definition) is 0. The summed E-state index contributed by atoms with van der Waals surface area (Å²) in [6.45, 7) is 3.79. The molecule has 0 radical (unpaired) electrons. The van der Waals surface area contributed by atoms with E-state index in [9.17, 15) is 14.4 Å². The van der Waals surface area contributed by atoms with E-state index < -0.39 is 23.8 Å². The first-order valence-electron chi connectivity index (χ1n) is 5.29. The molecule has 0 bridgehead atoms. The highest BCUT2D eigenvalue weighted by Crippen LogP contribution is 2.10. The number of ether oxygens (including phenoxy) is 1. The minimum atomic E-state index is -0.855. The predicted octanol–water partition coefficient (Wildman–Crippen LogP) is 0.643. The lowest BCUT2D eigenvalue weighted by atomic mass is 10.3. The van der Waals surface area contributed by atoms with Crippen molar-refractivity contribution in [3.63, 3.8) is 0 Å². The number of nitrogens with zero attached hydrogens (tertiary/aromatic N) is 1. The summed E-state index contributed by atoms with van der Waals surface area (Å²) >= 11 is 0. The zero-order valence-electron chi connectivity index (χ0n) is 9.43. The van der Waals surface area contributed by atoms with Crippen LogP contribution in [0.15, 0.2) is 12.2 Å². The van der Waals surface area contributed by atoms with Crippen molar-refractivity contribution >= 4 is 17.8 Å². The normalized spacial score (nSPS) is 16.8. The third kappa shape index (κ3) is 2.68. The van der Waals surface area contributed by atoms with Crippen molar-refractivity contribution in [2.45, 2.75) is 32.7 Å². The molecule has 2 amide bonds. The van der Waals surface area contributed by atoms with Crippen LogP contribution in [0.5, 0.6) is 0 Å². The van der Waals surface area contributed by atoms with Crippen molar-refractivity contribution in [2.24, 2.45) is 0 Å². The van der Waals surface area contributed by atoms with Crippen LogP contribution in [-0.2, 0) is 19.1 Å². The average Bonchev–Trinajstić information content (AvgIpc) is 2.58. The molecule has 5 nitrogen and oxygen atoms in total. The molecular weight excluding hydrogens is 210 g/mol. The smallest absolute Gasteiger partial charge is 0.329 e. The Labute approximate surface area is 94.1 Å². The Morgan fingerprint density at radius 1 is 1.38 bits per heavy atom. The van der Waals surface area contributed by atoms with Gasteiger partial charge < -0.3 is 4.74 Å². The van der Waals surface area contributed by atoms with Crippen LogP contribution < -0.4 is 0 Å². The van der Waals surface area contributed by atoms with Gasteiger partial charge in [0.05, 0.1) is 6.61 Å². The number of carbonyl (C=O) groups is 3. The molecule has 0 spiro atoms. The topological polar surface area (TPSA) is 63.7 Å². The van der Waals surface area contributed by atoms with Gasteiger partial charge in [-0.3, -0.25) is 14.5 Å². The number of amides is 2. The van der Waals surface area contributed by atoms with Gasteiger partial charge in [0, 0.05) is 12.2 Å². The molecule has 1 rings (SSSR count). The van der Waals surface area contributed by atoms with E-state index in [4.69, 9.17) is 4.74 Å². The van der Waals surface area contributed by atoms with Crippen LogP contribution in [0.3, 0.4) is 0 Å². The Morgan fingerprint density at radius 2 is 1.94 bits per heavy atom. The summed E-state index contributed by atoms with van der Waals surface area (Å²) < 4.78 is 4.94. The summed E-state index contributed by atoms with van der Waals surface area (Å²) in [5.41, 5.74) is 0. The fraction of sp³-hybridized carbons (Fsp3) is 0.545. The molecule has 0 aromatic rings. The lowest BCUT2D eigenvalue weighted by Crippen LogP contribution is -2.43. The lowest BCUT2D eigenvalue weighted by Gasteiger charge is -2.20. The first-order chi connectivity index (χ1) is 7.57. The van der Waals surface area contributed by atoms with Crippen LogP contribution in [0.4, 0.5) is 0 Å². The fourth-order valence-corrected chi connectivity index (χ4v) is 1.34. The maximum absolute atomic E-state index is 11.5. The van der Waals surface area contributed by atoms with Crippen LogP contribution >= 0.6 is 0 Å². The van der Waals surface area contributed by atoms with Gasteiger partial charge in [-0.15, -0.1) is 0 Å². The van der Waals surface area contributed by atoms with Gasteiger partial charge in [-0.25, -0.2) is 4.79 Å². The maximum Gasteiger partial charge on any atom is 0.329 e. The fourth-order valence-electron chi connectivity index (χ4n) is 1.34. The molecule has 0 saturated heterocycles. The number of hydrogen-bond acceptors (Lipinski definition) is 4. The monoisotopic (exact) mass is 225 g/mol. The van der Waals surface area contributed by atoms with Gasteiger partial charge in [0.25, 0.3) is 11.8 Å². The van der Waals surface area contributed by atoms with Gasteiger partial charge in [-0.05, 0) is 13.3 Å². The molecule has 0 aromatic carbocycles. The molecular formula is C11H15NO4. The SMILES string of the molecule is CCCCOC(=O)[C@H](C)N1C(=O)C=CC1=O. The number of esters is 1. The maximum atomic E-state index is 11.5. The first-order valence-corrected chi connectivity index (χ1v) is 5.29. The second kappa shape index (κ2) is 5.44. The zero-order chi connectivity index (χ0) is 12.1. The number of unbranched alkanes of at least 4 members (excludes halogenated alkanes) is 1. The molecule has 0 fully saturated rings. The Balaban J connectivity index is 2.50. The number of rotatable bonds is 5. The molecule has 1 atom stereocenters. The first kappa shape index (κ1) is 12.4. The molecule has 0 aliphatic carbocycles. The highest BCUT2D eigenvalue weighted by Gasteiger charge is 2.33. The highest BCUT2D eigenvalue weighted by molar-refractivity contribution is 6.14. The molecule has 1 aliphatic heterocycles. The standard InChI is InChI=1S/C11H15NO4/c1-3-4-7-16-11(15)8(2)12-9(13)5-6-10(12)14/h5-6,8H,3-4,7H2,1-2H3/t8-/m0/s1. The van der Waals surface area contributed by atoms with Gasteiger partial charge in [-0.2, -0.15) is 0 Å². The summed E-state index contributed by atoms with van der Waals surface area (Å²) in [6, 6.07) is -0.855. The van der Waals surface area contributed by atoms with Crippen molar-refractivity contribution < 1.29 is 19.1 Å². The molecule has 0 N–H and O–H groups in total. The summed E-state index contributed by atoms with van der Waals surface area (Å²) in [4.78, 5) is 34.9. The van der Waals surface area contributed by atoms with Gasteiger partial charge >= 0.3 is 5.97 Å². The Morgan fingerprint density at radius 3 is 2.44 bits per heavy atom. The van der Waals surface area contributed by atoms with Gasteiger partial charge in [0.1, 0.15) is 6.04 Å². The molecule has 88 valence electrons. The van der Waals surface area contributed by atoms with Crippen molar-refractivity contribution in [2.75, 3.05) is 6.61 Å². The molecule has 0 saturated carbocycles. The Bertz CT molecular complexity index is 317. The summed E-state index contributed by atoms with van der Waals surface area (Å²) in [7, 11) is 0. The molecule has 1 aliphatic rings. The lowest BCUT2D eigenvalue weighted by molar-refractivity contribution is -0.156. The van der Waals surface area contributed by atoms with Crippen LogP contribution in [0.2, 0.25) is 0 Å². The molecule has 16 heavy (non-hydrogen) atoms. The third-order valence-corrected chi connectivity index (χ3v) is 2.31. The minimum Gasteiger partial charge on any atom is -0.464 e. The van der Waals surface area contributed by atoms with E-state index in [1.165, 1.54) is 6.92 Å². The van der Waals surface area contributed by atoms with Crippen molar-refractivity contribution in [3.05, 3.63) is 12.2 Å². The van der Waals surface area contributed by atoms with Crippen molar-refractivity contribution in [3.8, 4) is 0 Å². The van der Waals surface area contributed by atoms with Crippen LogP contribution in [-0.4, -0.2) is 35.3 Å². The van der Waals surface area contributed by atoms with Crippen molar-refractivity contribution in [1.82, 2.24) is 4.90 Å². The highest BCUT2D eigenvalue weighted by atomic mass is 16.5. The minimum absolute atomic E-state index is 0.323. The van der Waals surface area contributed by atoms with E-state index >= 15 is 0 Å². The molecule has 0 unspecified atom stereocenters. The summed E-state index contributed by atoms with van der Waals surface area (Å²) in [5, 5.41) is 0.